The van der Waals surface area contributed by atoms with E-state index in [0.717, 1.165) is 63.4 Å². The van der Waals surface area contributed by atoms with E-state index in [2.05, 4.69) is 25.8 Å². The Kier molecular flexibility index (Phi) is 5.88. The molecule has 2 aromatic rings. The van der Waals surface area contributed by atoms with Crippen LogP contribution in [0.1, 0.15) is 51.3 Å². The lowest BCUT2D eigenvalue weighted by Crippen LogP contribution is -2.26. The van der Waals surface area contributed by atoms with Gasteiger partial charge in [-0.05, 0) is 51.1 Å². The highest BCUT2D eigenvalue weighted by Gasteiger charge is 2.22. The molecule has 0 aliphatic carbocycles. The first-order valence-corrected chi connectivity index (χ1v) is 10.8. The van der Waals surface area contributed by atoms with Crippen LogP contribution in [0.15, 0.2) is 6.20 Å². The van der Waals surface area contributed by atoms with Crippen LogP contribution in [0.5, 0.6) is 0 Å². The van der Waals surface area contributed by atoms with Crippen LogP contribution in [0.2, 0.25) is 0 Å². The van der Waals surface area contributed by atoms with Crippen LogP contribution in [-0.2, 0) is 11.2 Å². The molecule has 140 valence electrons. The molecule has 2 fully saturated rings. The molecule has 2 aliphatic heterocycles. The second-order valence-electron chi connectivity index (χ2n) is 6.82. The monoisotopic (exact) mass is 393 g/mol. The van der Waals surface area contributed by atoms with E-state index in [1.165, 1.54) is 16.2 Å². The van der Waals surface area contributed by atoms with Crippen LogP contribution < -0.4 is 10.6 Å². The van der Waals surface area contributed by atoms with Crippen molar-refractivity contribution in [2.75, 3.05) is 31.6 Å². The van der Waals surface area contributed by atoms with Gasteiger partial charge in [-0.15, -0.1) is 21.5 Å². The minimum Gasteiger partial charge on any atom is -0.381 e. The summed E-state index contributed by atoms with van der Waals surface area (Å²) in [7, 11) is 0. The number of carbonyl (C=O) groups excluding carboxylic acids is 1. The number of rotatable bonds is 5. The molecular formula is C17H23N5O2S2. The summed E-state index contributed by atoms with van der Waals surface area (Å²) in [5, 5.41) is 16.6. The average molecular weight is 394 g/mol. The van der Waals surface area contributed by atoms with Gasteiger partial charge in [0.2, 0.25) is 5.01 Å². The summed E-state index contributed by atoms with van der Waals surface area (Å²) in [5.74, 6) is 0.861. The Balaban J connectivity index is 1.33. The standard InChI is InChI=1S/C17H23N5O2S2/c23-14(16-22-21-15(26-16)12-1-5-18-6-2-12)20-17-19-10-13(25-17)9-11-3-7-24-8-4-11/h10-12,18H,1-9H2,(H,19,20,23). The molecule has 0 unspecified atom stereocenters. The third-order valence-corrected chi connectivity index (χ3v) is 6.95. The second kappa shape index (κ2) is 8.51. The number of amides is 1. The fourth-order valence-corrected chi connectivity index (χ4v) is 5.23. The van der Waals surface area contributed by atoms with Gasteiger partial charge in [0.1, 0.15) is 5.01 Å². The van der Waals surface area contributed by atoms with Gasteiger partial charge in [0.05, 0.1) is 0 Å². The van der Waals surface area contributed by atoms with Crippen molar-refractivity contribution in [3.63, 3.8) is 0 Å². The van der Waals surface area contributed by atoms with Crippen LogP contribution in [0.25, 0.3) is 0 Å². The number of ether oxygens (including phenoxy) is 1. The second-order valence-corrected chi connectivity index (χ2v) is 8.94. The molecule has 1 amide bonds. The molecule has 0 atom stereocenters. The number of nitrogens with zero attached hydrogens (tertiary/aromatic N) is 3. The maximum Gasteiger partial charge on any atom is 0.288 e. The van der Waals surface area contributed by atoms with Gasteiger partial charge in [-0.1, -0.05) is 11.3 Å². The van der Waals surface area contributed by atoms with Crippen LogP contribution >= 0.6 is 22.7 Å². The number of carbonyl (C=O) groups is 1. The molecular weight excluding hydrogens is 370 g/mol. The Morgan fingerprint density at radius 3 is 2.81 bits per heavy atom. The molecule has 4 heterocycles. The lowest BCUT2D eigenvalue weighted by molar-refractivity contribution is 0.0667. The van der Waals surface area contributed by atoms with E-state index in [9.17, 15) is 4.79 Å². The first-order valence-electron chi connectivity index (χ1n) is 9.16. The van der Waals surface area contributed by atoms with Gasteiger partial charge in [-0.25, -0.2) is 4.98 Å². The van der Waals surface area contributed by atoms with E-state index >= 15 is 0 Å². The van der Waals surface area contributed by atoms with Crippen molar-refractivity contribution in [3.8, 4) is 0 Å². The molecule has 0 radical (unpaired) electrons. The Bertz CT molecular complexity index is 735. The summed E-state index contributed by atoms with van der Waals surface area (Å²) in [6.07, 6.45) is 7.19. The number of nitrogens with one attached hydrogen (secondary N) is 2. The van der Waals surface area contributed by atoms with Crippen molar-refractivity contribution in [2.45, 2.75) is 38.0 Å². The third-order valence-electron chi connectivity index (χ3n) is 4.93. The van der Waals surface area contributed by atoms with Gasteiger partial charge in [-0.2, -0.15) is 0 Å². The van der Waals surface area contributed by atoms with Crippen molar-refractivity contribution < 1.29 is 9.53 Å². The lowest BCUT2D eigenvalue weighted by atomic mass is 9.96. The van der Waals surface area contributed by atoms with Gasteiger partial charge < -0.3 is 10.1 Å². The average Bonchev–Trinajstić information content (AvgIpc) is 3.33. The highest BCUT2D eigenvalue weighted by molar-refractivity contribution is 7.16. The number of aromatic nitrogens is 3. The molecule has 2 N–H and O–H groups in total. The van der Waals surface area contributed by atoms with Gasteiger partial charge in [0.25, 0.3) is 5.91 Å². The summed E-state index contributed by atoms with van der Waals surface area (Å²) < 4.78 is 5.41. The van der Waals surface area contributed by atoms with Gasteiger partial charge in [0, 0.05) is 30.2 Å². The van der Waals surface area contributed by atoms with E-state index in [1.807, 2.05) is 6.20 Å². The first-order chi connectivity index (χ1) is 12.8. The zero-order valence-electron chi connectivity index (χ0n) is 14.6. The SMILES string of the molecule is O=C(Nc1ncc(CC2CCOCC2)s1)c1nnc(C2CCNCC2)s1. The Hall–Kier alpha value is -1.42. The normalized spacial score (nSPS) is 19.5. The van der Waals surface area contributed by atoms with Crippen LogP contribution in [0, 0.1) is 5.92 Å². The summed E-state index contributed by atoms with van der Waals surface area (Å²) >= 11 is 2.95. The largest absolute Gasteiger partial charge is 0.381 e. The van der Waals surface area contributed by atoms with Crippen molar-refractivity contribution in [1.82, 2.24) is 20.5 Å². The summed E-state index contributed by atoms with van der Waals surface area (Å²) in [4.78, 5) is 18.0. The Morgan fingerprint density at radius 2 is 2.00 bits per heavy atom. The Morgan fingerprint density at radius 1 is 1.19 bits per heavy atom. The fourth-order valence-electron chi connectivity index (χ4n) is 3.41. The number of thiazole rings is 1. The van der Waals surface area contributed by atoms with E-state index in [0.29, 0.717) is 22.0 Å². The highest BCUT2D eigenvalue weighted by Crippen LogP contribution is 2.29. The van der Waals surface area contributed by atoms with Gasteiger partial charge in [0.15, 0.2) is 5.13 Å². The molecule has 2 aromatic heterocycles. The van der Waals surface area contributed by atoms with Gasteiger partial charge in [-0.3, -0.25) is 10.1 Å². The molecule has 26 heavy (non-hydrogen) atoms. The summed E-state index contributed by atoms with van der Waals surface area (Å²) in [6.45, 7) is 3.70. The minimum atomic E-state index is -0.213. The van der Waals surface area contributed by atoms with Crippen molar-refractivity contribution >= 4 is 33.7 Å². The topological polar surface area (TPSA) is 89.0 Å². The molecule has 0 spiro atoms. The molecule has 2 saturated heterocycles. The number of hydrogen-bond donors (Lipinski definition) is 2. The molecule has 4 rings (SSSR count). The predicted octanol–water partition coefficient (Wildman–Crippen LogP) is 2.68. The maximum absolute atomic E-state index is 12.4. The zero-order valence-corrected chi connectivity index (χ0v) is 16.2. The summed E-state index contributed by atoms with van der Waals surface area (Å²) in [5.41, 5.74) is 0. The van der Waals surface area contributed by atoms with E-state index in [-0.39, 0.29) is 5.91 Å². The summed E-state index contributed by atoms with van der Waals surface area (Å²) in [6, 6.07) is 0. The van der Waals surface area contributed by atoms with Crippen LogP contribution in [-0.4, -0.2) is 47.4 Å². The number of piperidine rings is 1. The first kappa shape index (κ1) is 18.0. The molecule has 0 saturated carbocycles. The minimum absolute atomic E-state index is 0.213. The number of anilines is 1. The van der Waals surface area contributed by atoms with Crippen LogP contribution in [0.3, 0.4) is 0 Å². The van der Waals surface area contributed by atoms with Crippen molar-refractivity contribution in [2.24, 2.45) is 5.92 Å². The van der Waals surface area contributed by atoms with Crippen LogP contribution in [0.4, 0.5) is 5.13 Å². The third kappa shape index (κ3) is 4.46. The van der Waals surface area contributed by atoms with E-state index < -0.39 is 0 Å². The molecule has 2 aliphatic rings. The van der Waals surface area contributed by atoms with E-state index in [1.54, 1.807) is 11.3 Å². The lowest BCUT2D eigenvalue weighted by Gasteiger charge is -2.20. The molecule has 9 heteroatoms. The predicted molar refractivity (Wildman–Crippen MR) is 102 cm³/mol. The van der Waals surface area contributed by atoms with Crippen molar-refractivity contribution in [3.05, 3.63) is 21.1 Å². The van der Waals surface area contributed by atoms with Gasteiger partial charge >= 0.3 is 0 Å². The molecule has 0 aromatic carbocycles. The van der Waals surface area contributed by atoms with E-state index in [4.69, 9.17) is 4.74 Å². The molecule has 0 bridgehead atoms. The molecule has 7 nitrogen and oxygen atoms in total. The highest BCUT2D eigenvalue weighted by atomic mass is 32.1. The fraction of sp³-hybridized carbons (Fsp3) is 0.647. The maximum atomic E-state index is 12.4. The zero-order chi connectivity index (χ0) is 17.8. The quantitative estimate of drug-likeness (QED) is 0.812. The van der Waals surface area contributed by atoms with Crippen molar-refractivity contribution in [1.29, 1.82) is 0 Å². The number of hydrogen-bond acceptors (Lipinski definition) is 8. The Labute approximate surface area is 160 Å². The smallest absolute Gasteiger partial charge is 0.288 e.